The SMILES string of the molecule is CNc1nc(Nc2cc(C)nc(OC)c2)c(C(=O)O)nc1-c1cncc2c1ncn2C. The van der Waals surface area contributed by atoms with Gasteiger partial charge in [0.15, 0.2) is 17.3 Å². The number of hydrogen-bond donors (Lipinski definition) is 3. The van der Waals surface area contributed by atoms with Gasteiger partial charge in [-0.05, 0) is 13.0 Å². The number of fused-ring (bicyclic) bond motifs is 1. The number of methoxy groups -OCH3 is 1. The third-order valence-electron chi connectivity index (χ3n) is 4.63. The highest BCUT2D eigenvalue weighted by Crippen LogP contribution is 2.32. The van der Waals surface area contributed by atoms with Gasteiger partial charge in [-0.15, -0.1) is 0 Å². The Morgan fingerprint density at radius 3 is 2.68 bits per heavy atom. The number of nitrogens with one attached hydrogen (secondary N) is 2. The fourth-order valence-corrected chi connectivity index (χ4v) is 3.20. The van der Waals surface area contributed by atoms with Gasteiger partial charge in [-0.25, -0.2) is 24.7 Å². The zero-order valence-corrected chi connectivity index (χ0v) is 17.3. The van der Waals surface area contributed by atoms with Crippen LogP contribution in [-0.2, 0) is 7.05 Å². The number of ether oxygens (including phenoxy) is 1. The summed E-state index contributed by atoms with van der Waals surface area (Å²) < 4.78 is 7.01. The van der Waals surface area contributed by atoms with E-state index in [1.54, 1.807) is 44.8 Å². The summed E-state index contributed by atoms with van der Waals surface area (Å²) in [5, 5.41) is 15.8. The topological polar surface area (TPSA) is 140 Å². The number of aromatic carboxylic acids is 1. The highest BCUT2D eigenvalue weighted by Gasteiger charge is 2.22. The Morgan fingerprint density at radius 2 is 1.97 bits per heavy atom. The van der Waals surface area contributed by atoms with E-state index in [-0.39, 0.29) is 11.5 Å². The number of rotatable bonds is 6. The van der Waals surface area contributed by atoms with Crippen LogP contribution < -0.4 is 15.4 Å². The molecule has 0 atom stereocenters. The van der Waals surface area contributed by atoms with Crippen LogP contribution in [0.1, 0.15) is 16.2 Å². The number of carbonyl (C=O) groups is 1. The second-order valence-corrected chi connectivity index (χ2v) is 6.75. The standard InChI is InChI=1S/C20H20N8O3/c1-10-5-11(6-14(24-10)31-4)25-19-17(20(29)30)26-16(18(21-2)27-19)12-7-22-8-13-15(12)23-9-28(13)3/h5-9H,1-4H3,(H,29,30)(H2,21,24,25,27). The lowest BCUT2D eigenvalue weighted by Crippen LogP contribution is -2.12. The summed E-state index contributed by atoms with van der Waals surface area (Å²) in [6.45, 7) is 1.81. The second kappa shape index (κ2) is 7.86. The Morgan fingerprint density at radius 1 is 1.16 bits per heavy atom. The Labute approximate surface area is 177 Å². The summed E-state index contributed by atoms with van der Waals surface area (Å²) in [4.78, 5) is 33.8. The molecule has 0 aliphatic heterocycles. The van der Waals surface area contributed by atoms with Gasteiger partial charge in [-0.1, -0.05) is 0 Å². The molecule has 0 aromatic carbocycles. The van der Waals surface area contributed by atoms with Gasteiger partial charge in [-0.3, -0.25) is 4.98 Å². The summed E-state index contributed by atoms with van der Waals surface area (Å²) >= 11 is 0. The van der Waals surface area contributed by atoms with Gasteiger partial charge in [0, 0.05) is 37.7 Å². The number of aromatic nitrogens is 6. The number of pyridine rings is 2. The lowest BCUT2D eigenvalue weighted by Gasteiger charge is -2.14. The minimum atomic E-state index is -1.22. The Balaban J connectivity index is 1.87. The van der Waals surface area contributed by atoms with Crippen molar-refractivity contribution in [3.05, 3.63) is 42.2 Å². The fourth-order valence-electron chi connectivity index (χ4n) is 3.20. The fraction of sp³-hybridized carbons (Fsp3) is 0.200. The van der Waals surface area contributed by atoms with Crippen LogP contribution in [0.4, 0.5) is 17.3 Å². The highest BCUT2D eigenvalue weighted by molar-refractivity contribution is 5.97. The molecular weight excluding hydrogens is 400 g/mol. The van der Waals surface area contributed by atoms with E-state index in [4.69, 9.17) is 4.74 Å². The van der Waals surface area contributed by atoms with E-state index >= 15 is 0 Å². The molecule has 4 aromatic heterocycles. The van der Waals surface area contributed by atoms with Crippen LogP contribution in [0.3, 0.4) is 0 Å². The molecule has 4 rings (SSSR count). The first-order valence-corrected chi connectivity index (χ1v) is 9.29. The van der Waals surface area contributed by atoms with E-state index in [2.05, 4.69) is 35.6 Å². The lowest BCUT2D eigenvalue weighted by molar-refractivity contribution is 0.0691. The van der Waals surface area contributed by atoms with E-state index in [0.29, 0.717) is 39.9 Å². The minimum absolute atomic E-state index is 0.0782. The molecule has 11 nitrogen and oxygen atoms in total. The first kappa shape index (κ1) is 20.0. The van der Waals surface area contributed by atoms with Crippen LogP contribution in [0.15, 0.2) is 30.9 Å². The molecule has 4 aromatic rings. The largest absolute Gasteiger partial charge is 0.481 e. The van der Waals surface area contributed by atoms with Crippen molar-refractivity contribution in [2.45, 2.75) is 6.92 Å². The van der Waals surface area contributed by atoms with Crippen molar-refractivity contribution in [2.75, 3.05) is 24.8 Å². The average Bonchev–Trinajstić information content (AvgIpc) is 3.14. The van der Waals surface area contributed by atoms with Crippen LogP contribution in [0.2, 0.25) is 0 Å². The van der Waals surface area contributed by atoms with Crippen molar-refractivity contribution in [2.24, 2.45) is 7.05 Å². The Bertz CT molecular complexity index is 1300. The zero-order valence-electron chi connectivity index (χ0n) is 17.3. The molecule has 0 aliphatic carbocycles. The van der Waals surface area contributed by atoms with E-state index < -0.39 is 5.97 Å². The van der Waals surface area contributed by atoms with E-state index in [9.17, 15) is 9.90 Å². The molecule has 0 bridgehead atoms. The molecule has 11 heteroatoms. The van der Waals surface area contributed by atoms with Crippen LogP contribution >= 0.6 is 0 Å². The number of carboxylic acid groups (broad SMARTS) is 1. The van der Waals surface area contributed by atoms with Gasteiger partial charge >= 0.3 is 5.97 Å². The molecule has 0 saturated carbocycles. The van der Waals surface area contributed by atoms with Crippen LogP contribution in [-0.4, -0.2) is 54.7 Å². The van der Waals surface area contributed by atoms with E-state index in [1.165, 1.54) is 7.11 Å². The summed E-state index contributed by atoms with van der Waals surface area (Å²) in [6.07, 6.45) is 4.94. The van der Waals surface area contributed by atoms with Crippen LogP contribution in [0.5, 0.6) is 5.88 Å². The van der Waals surface area contributed by atoms with Gasteiger partial charge in [0.05, 0.1) is 30.7 Å². The number of hydrogen-bond acceptors (Lipinski definition) is 9. The number of aryl methyl sites for hydroxylation is 2. The van der Waals surface area contributed by atoms with E-state index in [0.717, 1.165) is 5.52 Å². The molecule has 0 unspecified atom stereocenters. The molecule has 0 spiro atoms. The van der Waals surface area contributed by atoms with Crippen molar-refractivity contribution in [3.8, 4) is 17.1 Å². The predicted octanol–water partition coefficient (Wildman–Crippen LogP) is 2.62. The molecule has 158 valence electrons. The van der Waals surface area contributed by atoms with Crippen molar-refractivity contribution >= 4 is 34.3 Å². The summed E-state index contributed by atoms with van der Waals surface area (Å²) in [5.74, 6) is -0.372. The van der Waals surface area contributed by atoms with Crippen molar-refractivity contribution in [1.29, 1.82) is 0 Å². The number of nitrogens with zero attached hydrogens (tertiary/aromatic N) is 6. The maximum atomic E-state index is 12.0. The highest BCUT2D eigenvalue weighted by atomic mass is 16.5. The molecule has 0 radical (unpaired) electrons. The van der Waals surface area contributed by atoms with Crippen molar-refractivity contribution < 1.29 is 14.6 Å². The summed E-state index contributed by atoms with van der Waals surface area (Å²) in [7, 11) is 5.05. The molecule has 0 fully saturated rings. The smallest absolute Gasteiger partial charge is 0.358 e. The van der Waals surface area contributed by atoms with Gasteiger partial charge < -0.3 is 25.0 Å². The maximum absolute atomic E-state index is 12.0. The molecule has 31 heavy (non-hydrogen) atoms. The minimum Gasteiger partial charge on any atom is -0.481 e. The molecule has 0 aliphatic rings. The number of carboxylic acids is 1. The Kier molecular flexibility index (Phi) is 5.07. The zero-order chi connectivity index (χ0) is 22.1. The van der Waals surface area contributed by atoms with Gasteiger partial charge in [0.25, 0.3) is 0 Å². The summed E-state index contributed by atoms with van der Waals surface area (Å²) in [6, 6.07) is 3.40. The van der Waals surface area contributed by atoms with Gasteiger partial charge in [0.2, 0.25) is 5.88 Å². The lowest BCUT2D eigenvalue weighted by atomic mass is 10.1. The first-order valence-electron chi connectivity index (χ1n) is 9.29. The van der Waals surface area contributed by atoms with Crippen LogP contribution in [0, 0.1) is 6.92 Å². The normalized spacial score (nSPS) is 10.8. The quantitative estimate of drug-likeness (QED) is 0.426. The molecule has 0 saturated heterocycles. The Hall–Kier alpha value is -4.28. The number of imidazole rings is 1. The van der Waals surface area contributed by atoms with Crippen LogP contribution in [0.25, 0.3) is 22.3 Å². The molecule has 3 N–H and O–H groups in total. The predicted molar refractivity (Wildman–Crippen MR) is 115 cm³/mol. The monoisotopic (exact) mass is 420 g/mol. The van der Waals surface area contributed by atoms with E-state index in [1.807, 2.05) is 11.6 Å². The molecule has 4 heterocycles. The second-order valence-electron chi connectivity index (χ2n) is 6.75. The first-order chi connectivity index (χ1) is 14.9. The molecule has 0 amide bonds. The van der Waals surface area contributed by atoms with Gasteiger partial charge in [0.1, 0.15) is 11.2 Å². The van der Waals surface area contributed by atoms with Crippen molar-refractivity contribution in [3.63, 3.8) is 0 Å². The number of anilines is 3. The third-order valence-corrected chi connectivity index (χ3v) is 4.63. The average molecular weight is 420 g/mol. The summed E-state index contributed by atoms with van der Waals surface area (Å²) in [5.41, 5.74) is 3.38. The van der Waals surface area contributed by atoms with Gasteiger partial charge in [-0.2, -0.15) is 0 Å². The maximum Gasteiger partial charge on any atom is 0.358 e. The third kappa shape index (κ3) is 3.68. The molecular formula is C20H20N8O3. The van der Waals surface area contributed by atoms with Crippen molar-refractivity contribution in [1.82, 2.24) is 29.5 Å².